The summed E-state index contributed by atoms with van der Waals surface area (Å²) in [7, 11) is 0. The first kappa shape index (κ1) is 13.5. The Morgan fingerprint density at radius 1 is 0.955 bits per heavy atom. The van der Waals surface area contributed by atoms with Crippen molar-refractivity contribution in [1.82, 2.24) is 4.90 Å². The number of ketones is 1. The first-order valence-corrected chi connectivity index (χ1v) is 8.01. The van der Waals surface area contributed by atoms with Gasteiger partial charge in [-0.05, 0) is 25.0 Å². The molecule has 0 unspecified atom stereocenters. The number of carbonyl (C=O) groups is 1. The van der Waals surface area contributed by atoms with Crippen LogP contribution in [0.4, 0.5) is 5.69 Å². The molecule has 2 atom stereocenters. The zero-order valence-electron chi connectivity index (χ0n) is 12.6. The molecule has 112 valence electrons. The lowest BCUT2D eigenvalue weighted by Gasteiger charge is -2.29. The Bertz CT molecular complexity index is 656. The molecule has 22 heavy (non-hydrogen) atoms. The molecule has 2 fully saturated rings. The van der Waals surface area contributed by atoms with Crippen LogP contribution in [0.15, 0.2) is 60.7 Å². The first-order valence-electron chi connectivity index (χ1n) is 8.01. The molecule has 0 radical (unpaired) electrons. The van der Waals surface area contributed by atoms with Gasteiger partial charge in [-0.2, -0.15) is 0 Å². The van der Waals surface area contributed by atoms with Crippen molar-refractivity contribution in [2.24, 2.45) is 0 Å². The van der Waals surface area contributed by atoms with E-state index in [0.29, 0.717) is 6.04 Å². The summed E-state index contributed by atoms with van der Waals surface area (Å²) in [6, 6.07) is 20.5. The fourth-order valence-corrected chi connectivity index (χ4v) is 3.79. The van der Waals surface area contributed by atoms with Gasteiger partial charge < -0.3 is 4.90 Å². The molecule has 0 aromatic heterocycles. The minimum atomic E-state index is -0.155. The largest absolute Gasteiger partial charge is 0.347 e. The molecule has 2 aliphatic rings. The van der Waals surface area contributed by atoms with Gasteiger partial charge >= 0.3 is 0 Å². The normalized spacial score (nSPS) is 24.5. The van der Waals surface area contributed by atoms with E-state index < -0.39 is 0 Å². The van der Waals surface area contributed by atoms with Crippen LogP contribution in [0.25, 0.3) is 0 Å². The van der Waals surface area contributed by atoms with Gasteiger partial charge in [0.25, 0.3) is 0 Å². The smallest absolute Gasteiger partial charge is 0.200 e. The molecule has 0 bridgehead atoms. The molecule has 2 aliphatic heterocycles. The Labute approximate surface area is 131 Å². The average molecular weight is 292 g/mol. The van der Waals surface area contributed by atoms with Gasteiger partial charge in [0, 0.05) is 30.4 Å². The molecule has 0 N–H and O–H groups in total. The highest BCUT2D eigenvalue weighted by Crippen LogP contribution is 2.34. The van der Waals surface area contributed by atoms with Crippen LogP contribution >= 0.6 is 0 Å². The van der Waals surface area contributed by atoms with E-state index in [2.05, 4.69) is 21.9 Å². The molecule has 2 aromatic carbocycles. The second-order valence-corrected chi connectivity index (χ2v) is 6.13. The van der Waals surface area contributed by atoms with Crippen molar-refractivity contribution >= 4 is 11.5 Å². The molecule has 0 amide bonds. The quantitative estimate of drug-likeness (QED) is 0.812. The van der Waals surface area contributed by atoms with Crippen LogP contribution in [0.1, 0.15) is 23.2 Å². The lowest BCUT2D eigenvalue weighted by atomic mass is 10.1. The highest BCUT2D eigenvalue weighted by Gasteiger charge is 2.45. The van der Waals surface area contributed by atoms with Crippen LogP contribution in [0.5, 0.6) is 0 Å². The number of para-hydroxylation sites is 1. The fourth-order valence-electron chi connectivity index (χ4n) is 3.79. The van der Waals surface area contributed by atoms with Crippen molar-refractivity contribution in [3.8, 4) is 0 Å². The van der Waals surface area contributed by atoms with E-state index in [9.17, 15) is 4.79 Å². The van der Waals surface area contributed by atoms with Gasteiger partial charge in [-0.1, -0.05) is 48.5 Å². The number of nitrogens with zero attached hydrogens (tertiary/aromatic N) is 2. The third kappa shape index (κ3) is 2.22. The minimum absolute atomic E-state index is 0.155. The summed E-state index contributed by atoms with van der Waals surface area (Å²) in [5, 5.41) is 0. The lowest BCUT2D eigenvalue weighted by molar-refractivity contribution is 0.0866. The maximum Gasteiger partial charge on any atom is 0.200 e. The summed E-state index contributed by atoms with van der Waals surface area (Å²) in [6.45, 7) is 1.98. The second-order valence-electron chi connectivity index (χ2n) is 6.13. The summed E-state index contributed by atoms with van der Waals surface area (Å²) >= 11 is 0. The van der Waals surface area contributed by atoms with Gasteiger partial charge in [0.2, 0.25) is 0 Å². The van der Waals surface area contributed by atoms with Crippen molar-refractivity contribution in [2.75, 3.05) is 18.0 Å². The standard InChI is InChI=1S/C19H20N2O/c22-18(15-8-3-1-4-9-15)19-20-13-7-12-17(20)14-21(19)16-10-5-2-6-11-16/h1-6,8-11,17,19H,7,12-14H2/t17-,19+/m0/s1. The summed E-state index contributed by atoms with van der Waals surface area (Å²) in [5.41, 5.74) is 1.95. The molecule has 0 spiro atoms. The van der Waals surface area contributed by atoms with Gasteiger partial charge in [-0.15, -0.1) is 0 Å². The summed E-state index contributed by atoms with van der Waals surface area (Å²) in [4.78, 5) is 17.8. The van der Waals surface area contributed by atoms with Crippen LogP contribution in [-0.4, -0.2) is 36.0 Å². The highest BCUT2D eigenvalue weighted by molar-refractivity contribution is 6.02. The predicted octanol–water partition coefficient (Wildman–Crippen LogP) is 3.18. The third-order valence-corrected chi connectivity index (χ3v) is 4.82. The van der Waals surface area contributed by atoms with Gasteiger partial charge in [0.15, 0.2) is 5.78 Å². The van der Waals surface area contributed by atoms with E-state index in [0.717, 1.165) is 24.3 Å². The van der Waals surface area contributed by atoms with E-state index in [4.69, 9.17) is 0 Å². The number of carbonyl (C=O) groups excluding carboxylic acids is 1. The minimum Gasteiger partial charge on any atom is -0.347 e. The fraction of sp³-hybridized carbons (Fsp3) is 0.316. The molecule has 0 aliphatic carbocycles. The number of anilines is 1. The highest BCUT2D eigenvalue weighted by atomic mass is 16.1. The molecule has 3 heteroatoms. The van der Waals surface area contributed by atoms with Crippen molar-refractivity contribution < 1.29 is 4.79 Å². The number of fused-ring (bicyclic) bond motifs is 1. The first-order chi connectivity index (χ1) is 10.8. The van der Waals surface area contributed by atoms with Gasteiger partial charge in [0.05, 0.1) is 0 Å². The Kier molecular flexibility index (Phi) is 3.43. The molecule has 4 rings (SSSR count). The van der Waals surface area contributed by atoms with Gasteiger partial charge in [-0.3, -0.25) is 9.69 Å². The van der Waals surface area contributed by atoms with Crippen molar-refractivity contribution in [3.63, 3.8) is 0 Å². The monoisotopic (exact) mass is 292 g/mol. The lowest BCUT2D eigenvalue weighted by Crippen LogP contribution is -2.45. The summed E-state index contributed by atoms with van der Waals surface area (Å²) in [5.74, 6) is 0.217. The molecule has 0 saturated carbocycles. The van der Waals surface area contributed by atoms with Crippen LogP contribution < -0.4 is 4.90 Å². The van der Waals surface area contributed by atoms with Crippen molar-refractivity contribution in [3.05, 3.63) is 66.2 Å². The predicted molar refractivity (Wildman–Crippen MR) is 88.1 cm³/mol. The molecule has 2 heterocycles. The Balaban J connectivity index is 1.71. The zero-order chi connectivity index (χ0) is 14.9. The van der Waals surface area contributed by atoms with Crippen LogP contribution in [0.3, 0.4) is 0 Å². The molecule has 2 saturated heterocycles. The number of benzene rings is 2. The molecular formula is C19H20N2O. The topological polar surface area (TPSA) is 23.6 Å². The molecular weight excluding hydrogens is 272 g/mol. The van der Waals surface area contributed by atoms with Gasteiger partial charge in [0.1, 0.15) is 6.17 Å². The zero-order valence-corrected chi connectivity index (χ0v) is 12.6. The van der Waals surface area contributed by atoms with E-state index in [1.807, 2.05) is 48.5 Å². The maximum atomic E-state index is 13.1. The van der Waals surface area contributed by atoms with Crippen LogP contribution in [-0.2, 0) is 0 Å². The Morgan fingerprint density at radius 2 is 1.64 bits per heavy atom. The van der Waals surface area contributed by atoms with E-state index in [-0.39, 0.29) is 11.9 Å². The number of hydrogen-bond acceptors (Lipinski definition) is 3. The number of rotatable bonds is 3. The Hall–Kier alpha value is -2.13. The van der Waals surface area contributed by atoms with E-state index in [1.54, 1.807) is 0 Å². The summed E-state index contributed by atoms with van der Waals surface area (Å²) in [6.07, 6.45) is 2.24. The summed E-state index contributed by atoms with van der Waals surface area (Å²) < 4.78 is 0. The van der Waals surface area contributed by atoms with Crippen molar-refractivity contribution in [1.29, 1.82) is 0 Å². The molecule has 2 aromatic rings. The molecule has 3 nitrogen and oxygen atoms in total. The van der Waals surface area contributed by atoms with Crippen LogP contribution in [0, 0.1) is 0 Å². The van der Waals surface area contributed by atoms with Crippen LogP contribution in [0.2, 0.25) is 0 Å². The SMILES string of the molecule is O=C(c1ccccc1)[C@H]1N(c2ccccc2)C[C@@H]2CCCN21. The third-order valence-electron chi connectivity index (χ3n) is 4.82. The maximum absolute atomic E-state index is 13.1. The van der Waals surface area contributed by atoms with E-state index in [1.165, 1.54) is 12.8 Å². The number of Topliss-reactive ketones (excluding diaryl/α,β-unsaturated/α-hetero) is 1. The average Bonchev–Trinajstić information content (AvgIpc) is 3.16. The van der Waals surface area contributed by atoms with Gasteiger partial charge in [-0.25, -0.2) is 0 Å². The van der Waals surface area contributed by atoms with Crippen molar-refractivity contribution in [2.45, 2.75) is 25.0 Å². The van der Waals surface area contributed by atoms with E-state index >= 15 is 0 Å². The number of hydrogen-bond donors (Lipinski definition) is 0. The Morgan fingerprint density at radius 3 is 2.36 bits per heavy atom. The second kappa shape index (κ2) is 5.58.